The molecule has 32 heavy (non-hydrogen) atoms. The number of aromatic nitrogens is 6. The number of alkyl halides is 6. The normalized spacial score (nSPS) is 12.3. The topological polar surface area (TPSA) is 61.4 Å². The highest BCUT2D eigenvalue weighted by Crippen LogP contribution is 2.32. The summed E-state index contributed by atoms with van der Waals surface area (Å²) >= 11 is 0. The van der Waals surface area contributed by atoms with Crippen LogP contribution in [0.4, 0.5) is 26.3 Å². The minimum Gasteiger partial charge on any atom is -0.261 e. The first-order chi connectivity index (χ1) is 15.1. The molecular formula is C20H14F6N6. The summed E-state index contributed by atoms with van der Waals surface area (Å²) in [6, 6.07) is 10.2. The van der Waals surface area contributed by atoms with Gasteiger partial charge >= 0.3 is 12.4 Å². The lowest BCUT2D eigenvalue weighted by atomic mass is 10.1. The quantitative estimate of drug-likeness (QED) is 0.413. The van der Waals surface area contributed by atoms with E-state index in [1.807, 2.05) is 0 Å². The molecule has 0 atom stereocenters. The van der Waals surface area contributed by atoms with Gasteiger partial charge in [-0.3, -0.25) is 4.98 Å². The summed E-state index contributed by atoms with van der Waals surface area (Å²) in [6.07, 6.45) is -5.17. The van der Waals surface area contributed by atoms with E-state index in [0.29, 0.717) is 5.69 Å². The molecule has 0 aliphatic heterocycles. The van der Waals surface area contributed by atoms with Crippen LogP contribution in [0.15, 0.2) is 61.1 Å². The standard InChI is InChI=1S/C20H14F6N6/c21-19(22,23)15-9-11-31(29-15)16-5-3-6-17(28-16)32-12-13(18(30-32)20(24,25)26)7-8-14-4-1-2-10-27-14/h1-6,9-12H,7-8H2. The Balaban J connectivity index is 1.65. The molecule has 0 amide bonds. The van der Waals surface area contributed by atoms with Gasteiger partial charge in [0.2, 0.25) is 0 Å². The van der Waals surface area contributed by atoms with Crippen molar-refractivity contribution in [3.63, 3.8) is 0 Å². The first-order valence-electron chi connectivity index (χ1n) is 9.27. The van der Waals surface area contributed by atoms with E-state index in [-0.39, 0.29) is 30.0 Å². The highest BCUT2D eigenvalue weighted by atomic mass is 19.4. The van der Waals surface area contributed by atoms with Gasteiger partial charge in [-0.1, -0.05) is 12.1 Å². The summed E-state index contributed by atoms with van der Waals surface area (Å²) in [5.74, 6) is -0.00163. The zero-order chi connectivity index (χ0) is 22.9. The molecular weight excluding hydrogens is 438 g/mol. The molecule has 4 heterocycles. The van der Waals surface area contributed by atoms with E-state index in [1.54, 1.807) is 24.4 Å². The monoisotopic (exact) mass is 452 g/mol. The van der Waals surface area contributed by atoms with Crippen LogP contribution in [0.3, 0.4) is 0 Å². The molecule has 0 saturated carbocycles. The van der Waals surface area contributed by atoms with E-state index < -0.39 is 23.7 Å². The summed E-state index contributed by atoms with van der Waals surface area (Å²) in [5, 5.41) is 7.07. The molecule has 0 spiro atoms. The highest BCUT2D eigenvalue weighted by Gasteiger charge is 2.37. The summed E-state index contributed by atoms with van der Waals surface area (Å²) in [6.45, 7) is 0. The molecule has 0 radical (unpaired) electrons. The maximum absolute atomic E-state index is 13.5. The minimum atomic E-state index is -4.69. The van der Waals surface area contributed by atoms with Crippen LogP contribution in [-0.4, -0.2) is 29.5 Å². The number of halogens is 6. The zero-order valence-corrected chi connectivity index (χ0v) is 16.1. The molecule has 6 nitrogen and oxygen atoms in total. The van der Waals surface area contributed by atoms with Crippen LogP contribution in [0.5, 0.6) is 0 Å². The third-order valence-electron chi connectivity index (χ3n) is 4.50. The molecule has 0 bridgehead atoms. The van der Waals surface area contributed by atoms with Crippen molar-refractivity contribution in [2.24, 2.45) is 0 Å². The van der Waals surface area contributed by atoms with E-state index in [2.05, 4.69) is 20.2 Å². The SMILES string of the molecule is FC(F)(F)c1ccn(-c2cccc(-n3cc(CCc4ccccn4)c(C(F)(F)F)n3)n2)n1. The van der Waals surface area contributed by atoms with Gasteiger partial charge in [-0.25, -0.2) is 14.3 Å². The predicted molar refractivity (Wildman–Crippen MR) is 100 cm³/mol. The third kappa shape index (κ3) is 4.63. The Labute approximate surface area is 177 Å². The van der Waals surface area contributed by atoms with E-state index in [4.69, 9.17) is 0 Å². The van der Waals surface area contributed by atoms with Crippen LogP contribution >= 0.6 is 0 Å². The Morgan fingerprint density at radius 3 is 2.12 bits per heavy atom. The number of aryl methyl sites for hydroxylation is 2. The van der Waals surface area contributed by atoms with Crippen molar-refractivity contribution in [1.82, 2.24) is 29.5 Å². The van der Waals surface area contributed by atoms with Crippen molar-refractivity contribution in [2.45, 2.75) is 25.2 Å². The van der Waals surface area contributed by atoms with E-state index in [1.165, 1.54) is 24.4 Å². The largest absolute Gasteiger partial charge is 0.435 e. The predicted octanol–water partition coefficient (Wildman–Crippen LogP) is 4.67. The maximum Gasteiger partial charge on any atom is 0.435 e. The second-order valence-corrected chi connectivity index (χ2v) is 6.76. The van der Waals surface area contributed by atoms with Crippen LogP contribution in [0.1, 0.15) is 22.6 Å². The fourth-order valence-corrected chi connectivity index (χ4v) is 3.03. The number of nitrogens with zero attached hydrogens (tertiary/aromatic N) is 6. The van der Waals surface area contributed by atoms with Crippen LogP contribution in [0.25, 0.3) is 11.6 Å². The van der Waals surface area contributed by atoms with E-state index in [0.717, 1.165) is 21.6 Å². The highest BCUT2D eigenvalue weighted by molar-refractivity contribution is 5.34. The molecule has 0 aliphatic carbocycles. The lowest BCUT2D eigenvalue weighted by Crippen LogP contribution is -2.11. The Morgan fingerprint density at radius 2 is 1.50 bits per heavy atom. The summed E-state index contributed by atoms with van der Waals surface area (Å²) in [4.78, 5) is 8.22. The molecule has 4 rings (SSSR count). The third-order valence-corrected chi connectivity index (χ3v) is 4.50. The Hall–Kier alpha value is -3.70. The Kier molecular flexibility index (Phi) is 5.45. The molecule has 0 unspecified atom stereocenters. The number of pyridine rings is 2. The van der Waals surface area contributed by atoms with Gasteiger partial charge in [0.15, 0.2) is 23.0 Å². The van der Waals surface area contributed by atoms with E-state index >= 15 is 0 Å². The second-order valence-electron chi connectivity index (χ2n) is 6.76. The van der Waals surface area contributed by atoms with Crippen LogP contribution in [0, 0.1) is 0 Å². The Bertz CT molecular complexity index is 1210. The lowest BCUT2D eigenvalue weighted by Gasteiger charge is -2.06. The minimum absolute atomic E-state index is 0.00106. The summed E-state index contributed by atoms with van der Waals surface area (Å²) < 4.78 is 80.8. The fourth-order valence-electron chi connectivity index (χ4n) is 3.03. The van der Waals surface area contributed by atoms with Gasteiger partial charge < -0.3 is 0 Å². The first kappa shape index (κ1) is 21.5. The van der Waals surface area contributed by atoms with Crippen molar-refractivity contribution in [2.75, 3.05) is 0 Å². The summed E-state index contributed by atoms with van der Waals surface area (Å²) in [5.41, 5.74) is -1.58. The Morgan fingerprint density at radius 1 is 0.750 bits per heavy atom. The molecule has 12 heteroatoms. The van der Waals surface area contributed by atoms with Gasteiger partial charge in [0, 0.05) is 29.8 Å². The number of rotatable bonds is 5. The van der Waals surface area contributed by atoms with Crippen molar-refractivity contribution in [3.8, 4) is 11.6 Å². The molecule has 0 N–H and O–H groups in total. The van der Waals surface area contributed by atoms with Crippen molar-refractivity contribution in [3.05, 3.63) is 83.7 Å². The molecule has 166 valence electrons. The van der Waals surface area contributed by atoms with Crippen LogP contribution < -0.4 is 0 Å². The summed E-state index contributed by atoms with van der Waals surface area (Å²) in [7, 11) is 0. The zero-order valence-electron chi connectivity index (χ0n) is 16.1. The van der Waals surface area contributed by atoms with Crippen molar-refractivity contribution < 1.29 is 26.3 Å². The number of hydrogen-bond donors (Lipinski definition) is 0. The molecule has 4 aromatic heterocycles. The van der Waals surface area contributed by atoms with Crippen LogP contribution in [0.2, 0.25) is 0 Å². The average Bonchev–Trinajstić information content (AvgIpc) is 3.41. The first-order valence-corrected chi connectivity index (χ1v) is 9.27. The van der Waals surface area contributed by atoms with Gasteiger partial charge in [-0.05, 0) is 43.2 Å². The molecule has 0 aliphatic rings. The molecule has 0 fully saturated rings. The number of hydrogen-bond acceptors (Lipinski definition) is 4. The van der Waals surface area contributed by atoms with Crippen molar-refractivity contribution in [1.29, 1.82) is 0 Å². The van der Waals surface area contributed by atoms with Gasteiger partial charge in [-0.2, -0.15) is 36.5 Å². The van der Waals surface area contributed by atoms with Gasteiger partial charge in [-0.15, -0.1) is 0 Å². The van der Waals surface area contributed by atoms with Gasteiger partial charge in [0.25, 0.3) is 0 Å². The molecule has 0 aromatic carbocycles. The fraction of sp³-hybridized carbons (Fsp3) is 0.200. The van der Waals surface area contributed by atoms with Crippen molar-refractivity contribution >= 4 is 0 Å². The molecule has 0 saturated heterocycles. The van der Waals surface area contributed by atoms with Gasteiger partial charge in [0.1, 0.15) is 0 Å². The van der Waals surface area contributed by atoms with Crippen LogP contribution in [-0.2, 0) is 25.2 Å². The second kappa shape index (κ2) is 8.09. The smallest absolute Gasteiger partial charge is 0.261 e. The molecule has 4 aromatic rings. The maximum atomic E-state index is 13.5. The lowest BCUT2D eigenvalue weighted by molar-refractivity contribution is -0.142. The average molecular weight is 452 g/mol. The van der Waals surface area contributed by atoms with Gasteiger partial charge in [0.05, 0.1) is 0 Å². The van der Waals surface area contributed by atoms with E-state index in [9.17, 15) is 26.3 Å².